The molecule has 0 spiro atoms. The van der Waals surface area contributed by atoms with Crippen molar-refractivity contribution in [1.82, 2.24) is 0 Å². The Hall–Kier alpha value is -4.73. The van der Waals surface area contributed by atoms with Gasteiger partial charge in [0, 0.05) is 26.1 Å². The number of methoxy groups -OCH3 is 2. The van der Waals surface area contributed by atoms with Gasteiger partial charge in [0.05, 0.1) is 87.6 Å². The molecule has 0 bridgehead atoms. The number of hydrogen-bond donors (Lipinski definition) is 0. The van der Waals surface area contributed by atoms with Crippen LogP contribution in [0.5, 0.6) is 11.5 Å². The molecule has 3 saturated heterocycles. The van der Waals surface area contributed by atoms with Gasteiger partial charge in [0.2, 0.25) is 0 Å². The van der Waals surface area contributed by atoms with E-state index in [1.54, 1.807) is 14.2 Å². The second kappa shape index (κ2) is 32.1. The summed E-state index contributed by atoms with van der Waals surface area (Å²) in [4.78, 5) is 0. The third kappa shape index (κ3) is 18.4. The van der Waals surface area contributed by atoms with Gasteiger partial charge in [0.15, 0.2) is 8.32 Å². The molecule has 498 valence electrons. The summed E-state index contributed by atoms with van der Waals surface area (Å²) in [7, 11) is -1.72. The van der Waals surface area contributed by atoms with E-state index in [-0.39, 0.29) is 60.1 Å². The molecule has 11 atom stereocenters. The Morgan fingerprint density at radius 1 is 0.593 bits per heavy atom. The van der Waals surface area contributed by atoms with Crippen molar-refractivity contribution >= 4 is 27.0 Å². The van der Waals surface area contributed by atoms with Crippen LogP contribution in [0.1, 0.15) is 150 Å². The monoisotopic (exact) mass is 1280 g/mol. The molecule has 9 rings (SSSR count). The lowest BCUT2D eigenvalue weighted by Crippen LogP contribution is -2.66. The Bertz CT molecular complexity index is 2930. The van der Waals surface area contributed by atoms with Crippen LogP contribution in [0.3, 0.4) is 0 Å². The smallest absolute Gasteiger partial charge is 0.261 e. The van der Waals surface area contributed by atoms with Crippen LogP contribution in [-0.4, -0.2) is 118 Å². The van der Waals surface area contributed by atoms with Gasteiger partial charge in [-0.1, -0.05) is 164 Å². The molecule has 91 heavy (non-hydrogen) atoms. The van der Waals surface area contributed by atoms with Crippen LogP contribution in [0.4, 0.5) is 0 Å². The largest absolute Gasteiger partial charge is 0.497 e. The standard InChI is InChI=1S/C76H108O13Si2/c1-56-48-71-76(9,88-65(56)34-24-46-79-51-57-26-17-14-18-27-57)50-69(82-54-80-52-58-36-40-60(77-10)41-37-58)72(83-55-81-53-59-38-42-61(78-11)43-39-59)68(87-71)49-62-28-23-33-66-67(85-62)44-45-75(8,89-90(12,13)73(2,3)4)70(86-66)35-25-47-84-91(74(5,6)7,63-29-19-15-20-30-63)64-31-21-16-22-32-64/h14-22,26-32,36-43,56,65-72H,23-25,33-35,44-55H2,1-13H3/t56-,65-,66-,67+,68+,69-,70+,71-,72+,75-,76+/m0/s1. The quantitative estimate of drug-likeness (QED) is 0.0257. The van der Waals surface area contributed by atoms with Gasteiger partial charge in [-0.2, -0.15) is 0 Å². The number of allylic oxidation sites excluding steroid dienone is 1. The molecular formula is C76H108O13Si2. The van der Waals surface area contributed by atoms with Gasteiger partial charge < -0.3 is 61.0 Å². The van der Waals surface area contributed by atoms with Crippen LogP contribution in [0, 0.1) is 5.92 Å². The van der Waals surface area contributed by atoms with Gasteiger partial charge in [0.1, 0.15) is 37.3 Å². The third-order valence-electron chi connectivity index (χ3n) is 20.0. The molecule has 4 aliphatic rings. The van der Waals surface area contributed by atoms with Crippen LogP contribution in [-0.2, 0) is 71.3 Å². The molecule has 0 aliphatic carbocycles. The van der Waals surface area contributed by atoms with E-state index in [4.69, 9.17) is 61.0 Å². The highest BCUT2D eigenvalue weighted by atomic mass is 28.4. The molecule has 13 nitrogen and oxygen atoms in total. The first-order chi connectivity index (χ1) is 43.6. The predicted molar refractivity (Wildman–Crippen MR) is 365 cm³/mol. The lowest BCUT2D eigenvalue weighted by molar-refractivity contribution is -0.229. The Morgan fingerprint density at radius 2 is 1.15 bits per heavy atom. The minimum atomic E-state index is -2.76. The molecule has 0 saturated carbocycles. The van der Waals surface area contributed by atoms with Crippen molar-refractivity contribution in [3.63, 3.8) is 0 Å². The van der Waals surface area contributed by atoms with Crippen LogP contribution < -0.4 is 19.8 Å². The van der Waals surface area contributed by atoms with E-state index >= 15 is 0 Å². The highest BCUT2D eigenvalue weighted by molar-refractivity contribution is 6.99. The first kappa shape index (κ1) is 70.6. The van der Waals surface area contributed by atoms with Crippen molar-refractivity contribution in [2.24, 2.45) is 5.92 Å². The maximum absolute atomic E-state index is 7.64. The van der Waals surface area contributed by atoms with Gasteiger partial charge in [-0.3, -0.25) is 0 Å². The number of ether oxygens (including phenoxy) is 11. The fourth-order valence-corrected chi connectivity index (χ4v) is 20.1. The number of rotatable bonds is 29. The maximum atomic E-state index is 7.64. The Labute approximate surface area is 547 Å². The van der Waals surface area contributed by atoms with Gasteiger partial charge >= 0.3 is 0 Å². The molecular weight excluding hydrogens is 1180 g/mol. The second-order valence-electron chi connectivity index (χ2n) is 28.8. The van der Waals surface area contributed by atoms with E-state index in [0.29, 0.717) is 45.9 Å². The van der Waals surface area contributed by atoms with E-state index < -0.39 is 46.1 Å². The van der Waals surface area contributed by atoms with Gasteiger partial charge in [-0.15, -0.1) is 0 Å². The van der Waals surface area contributed by atoms with Gasteiger partial charge in [0.25, 0.3) is 8.32 Å². The highest BCUT2D eigenvalue weighted by Gasteiger charge is 2.55. The van der Waals surface area contributed by atoms with E-state index in [9.17, 15) is 0 Å². The zero-order chi connectivity index (χ0) is 64.7. The molecule has 0 unspecified atom stereocenters. The summed E-state index contributed by atoms with van der Waals surface area (Å²) in [5, 5.41) is 2.43. The fraction of sp³-hybridized carbons (Fsp3) is 0.579. The maximum Gasteiger partial charge on any atom is 0.261 e. The van der Waals surface area contributed by atoms with Crippen molar-refractivity contribution in [2.75, 3.05) is 41.0 Å². The summed E-state index contributed by atoms with van der Waals surface area (Å²) in [5.74, 6) is 2.67. The van der Waals surface area contributed by atoms with Crippen molar-refractivity contribution in [2.45, 2.75) is 236 Å². The molecule has 5 aromatic rings. The molecule has 3 fully saturated rings. The Balaban J connectivity index is 0.959. The fourth-order valence-electron chi connectivity index (χ4n) is 13.8. The van der Waals surface area contributed by atoms with Crippen molar-refractivity contribution in [1.29, 1.82) is 0 Å². The summed E-state index contributed by atoms with van der Waals surface area (Å²) in [5.41, 5.74) is 1.89. The van der Waals surface area contributed by atoms with Crippen LogP contribution in [0.2, 0.25) is 23.2 Å². The molecule has 15 heteroatoms. The van der Waals surface area contributed by atoms with Crippen LogP contribution in [0.15, 0.2) is 151 Å². The van der Waals surface area contributed by atoms with Gasteiger partial charge in [-0.05, 0) is 158 Å². The SMILES string of the molecule is COc1ccc(COCO[C@H]2[C@@H](OCOCc3ccc(OC)cc3)C[C@@]3(C)O[C@@H](CCCOCc4ccccc4)[C@@H](C)C[C@@H]3O[C@@H]2CC2=CCC[C@@H]3O[C@H](CCCO[Si](c4ccccc4)(c4ccccc4)C(C)(C)C)[C@@](C)(O[Si](C)(C)C(C)(C)C)CC[C@H]3O2)cc1. The highest BCUT2D eigenvalue weighted by Crippen LogP contribution is 2.48. The first-order valence-corrected chi connectivity index (χ1v) is 38.5. The summed E-state index contributed by atoms with van der Waals surface area (Å²) in [6, 6.07) is 48.0. The lowest BCUT2D eigenvalue weighted by atomic mass is 9.80. The summed E-state index contributed by atoms with van der Waals surface area (Å²) in [6.45, 7) is 28.1. The van der Waals surface area contributed by atoms with E-state index in [0.717, 1.165) is 86.2 Å². The number of benzene rings is 5. The van der Waals surface area contributed by atoms with Crippen molar-refractivity contribution in [3.05, 3.63) is 168 Å². The topological polar surface area (TPSA) is 120 Å². The number of hydrogen-bond acceptors (Lipinski definition) is 13. The molecule has 0 amide bonds. The van der Waals surface area contributed by atoms with E-state index in [2.05, 4.69) is 166 Å². The minimum absolute atomic E-state index is 0.00292. The molecule has 0 radical (unpaired) electrons. The minimum Gasteiger partial charge on any atom is -0.497 e. The number of fused-ring (bicyclic) bond motifs is 2. The average Bonchev–Trinajstić information content (AvgIpc) is 1.38. The van der Waals surface area contributed by atoms with Crippen LogP contribution in [0.25, 0.3) is 0 Å². The summed E-state index contributed by atoms with van der Waals surface area (Å²) < 4.78 is 88.7. The molecule has 0 aromatic heterocycles. The normalized spacial score (nSPS) is 26.6. The summed E-state index contributed by atoms with van der Waals surface area (Å²) >= 11 is 0. The molecule has 0 N–H and O–H groups in total. The van der Waals surface area contributed by atoms with Crippen molar-refractivity contribution in [3.8, 4) is 11.5 Å². The van der Waals surface area contributed by atoms with E-state index in [1.807, 2.05) is 54.6 Å². The lowest BCUT2D eigenvalue weighted by Gasteiger charge is -2.47. The van der Waals surface area contributed by atoms with Crippen LogP contribution >= 0.6 is 0 Å². The average molecular weight is 1290 g/mol. The molecule has 5 aromatic carbocycles. The van der Waals surface area contributed by atoms with Gasteiger partial charge in [-0.25, -0.2) is 0 Å². The first-order valence-electron chi connectivity index (χ1n) is 33.7. The molecule has 4 aliphatic heterocycles. The summed E-state index contributed by atoms with van der Waals surface area (Å²) in [6.07, 6.45) is 8.05. The molecule has 4 heterocycles. The predicted octanol–water partition coefficient (Wildman–Crippen LogP) is 15.6. The van der Waals surface area contributed by atoms with Crippen molar-refractivity contribution < 1.29 is 61.0 Å². The Kier molecular flexibility index (Phi) is 24.9. The zero-order valence-electron chi connectivity index (χ0n) is 57.1. The zero-order valence-corrected chi connectivity index (χ0v) is 59.1. The Morgan fingerprint density at radius 3 is 1.74 bits per heavy atom. The third-order valence-corrected chi connectivity index (χ3v) is 29.6. The van der Waals surface area contributed by atoms with E-state index in [1.165, 1.54) is 15.9 Å². The second-order valence-corrected chi connectivity index (χ2v) is 37.9.